The molecule has 0 heterocycles. The summed E-state index contributed by atoms with van der Waals surface area (Å²) in [6, 6.07) is 19.1. The van der Waals surface area contributed by atoms with Crippen molar-refractivity contribution in [1.82, 2.24) is 0 Å². The number of benzene rings is 2. The van der Waals surface area contributed by atoms with Crippen LogP contribution in [-0.2, 0) is 10.2 Å². The fraction of sp³-hybridized carbons (Fsp3) is 0.188. The third-order valence-corrected chi connectivity index (χ3v) is 3.61. The van der Waals surface area contributed by atoms with Crippen molar-refractivity contribution in [2.24, 2.45) is 5.73 Å². The summed E-state index contributed by atoms with van der Waals surface area (Å²) in [5.74, 6) is -0.00207. The summed E-state index contributed by atoms with van der Waals surface area (Å²) >= 11 is 5.92. The van der Waals surface area contributed by atoms with E-state index in [1.165, 1.54) is 0 Å². The molecule has 0 aliphatic heterocycles. The highest BCUT2D eigenvalue weighted by atomic mass is 35.5. The maximum absolute atomic E-state index is 12.2. The number of amides is 1. The van der Waals surface area contributed by atoms with Gasteiger partial charge in [0.25, 0.3) is 0 Å². The van der Waals surface area contributed by atoms with Crippen molar-refractivity contribution in [2.45, 2.75) is 11.8 Å². The summed E-state index contributed by atoms with van der Waals surface area (Å²) in [5, 5.41) is 0. The lowest BCUT2D eigenvalue weighted by atomic mass is 9.72. The Labute approximate surface area is 118 Å². The van der Waals surface area contributed by atoms with E-state index in [2.05, 4.69) is 0 Å². The zero-order valence-electron chi connectivity index (χ0n) is 10.6. The van der Waals surface area contributed by atoms with Gasteiger partial charge in [0, 0.05) is 5.88 Å². The molecular weight excluding hydrogens is 258 g/mol. The van der Waals surface area contributed by atoms with Crippen LogP contribution in [-0.4, -0.2) is 11.8 Å². The molecule has 0 unspecified atom stereocenters. The molecule has 0 atom stereocenters. The van der Waals surface area contributed by atoms with Gasteiger partial charge in [-0.25, -0.2) is 0 Å². The predicted molar refractivity (Wildman–Crippen MR) is 78.2 cm³/mol. The third kappa shape index (κ3) is 2.49. The summed E-state index contributed by atoms with van der Waals surface area (Å²) < 4.78 is 0. The second-order valence-corrected chi connectivity index (χ2v) is 4.82. The first-order valence-corrected chi connectivity index (χ1v) is 6.72. The van der Waals surface area contributed by atoms with Crippen LogP contribution in [0.5, 0.6) is 0 Å². The summed E-state index contributed by atoms with van der Waals surface area (Å²) in [6.45, 7) is 0. The maximum atomic E-state index is 12.2. The van der Waals surface area contributed by atoms with Crippen LogP contribution in [0.4, 0.5) is 0 Å². The van der Waals surface area contributed by atoms with Crippen molar-refractivity contribution < 1.29 is 4.79 Å². The first-order chi connectivity index (χ1) is 9.21. The van der Waals surface area contributed by atoms with Crippen LogP contribution < -0.4 is 5.73 Å². The Morgan fingerprint density at radius 1 is 0.947 bits per heavy atom. The van der Waals surface area contributed by atoms with Crippen molar-refractivity contribution in [2.75, 3.05) is 5.88 Å². The van der Waals surface area contributed by atoms with Gasteiger partial charge < -0.3 is 5.73 Å². The molecule has 2 N–H and O–H groups in total. The third-order valence-electron chi connectivity index (χ3n) is 3.42. The van der Waals surface area contributed by atoms with Crippen molar-refractivity contribution in [3.05, 3.63) is 71.8 Å². The van der Waals surface area contributed by atoms with Crippen molar-refractivity contribution in [3.8, 4) is 0 Å². The average Bonchev–Trinajstić information content (AvgIpc) is 2.46. The molecular formula is C16H16ClNO. The van der Waals surface area contributed by atoms with E-state index in [1.54, 1.807) is 0 Å². The van der Waals surface area contributed by atoms with Gasteiger partial charge in [-0.2, -0.15) is 0 Å². The lowest BCUT2D eigenvalue weighted by Crippen LogP contribution is -2.42. The van der Waals surface area contributed by atoms with Gasteiger partial charge in [0.05, 0.1) is 5.41 Å². The van der Waals surface area contributed by atoms with E-state index in [0.29, 0.717) is 12.3 Å². The standard InChI is InChI=1S/C16H16ClNO/c17-12-11-16(15(18)19,13-7-3-1-4-8-13)14-9-5-2-6-10-14/h1-10H,11-12H2,(H2,18,19). The molecule has 2 nitrogen and oxygen atoms in total. The zero-order valence-corrected chi connectivity index (χ0v) is 11.3. The molecule has 0 fully saturated rings. The molecule has 0 aliphatic rings. The Morgan fingerprint density at radius 3 is 1.68 bits per heavy atom. The van der Waals surface area contributed by atoms with E-state index in [-0.39, 0.29) is 5.91 Å². The first-order valence-electron chi connectivity index (χ1n) is 6.18. The molecule has 0 aromatic heterocycles. The van der Waals surface area contributed by atoms with Gasteiger partial charge in [0.15, 0.2) is 0 Å². The van der Waals surface area contributed by atoms with E-state index in [9.17, 15) is 4.79 Å². The molecule has 2 aromatic carbocycles. The van der Waals surface area contributed by atoms with Crippen molar-refractivity contribution >= 4 is 17.5 Å². The Bertz CT molecular complexity index is 500. The number of halogens is 1. The minimum absolute atomic E-state index is 0.368. The van der Waals surface area contributed by atoms with Crippen LogP contribution in [0.25, 0.3) is 0 Å². The second-order valence-electron chi connectivity index (χ2n) is 4.44. The highest BCUT2D eigenvalue weighted by Crippen LogP contribution is 2.35. The Kier molecular flexibility index (Phi) is 4.23. The van der Waals surface area contributed by atoms with Crippen LogP contribution in [0, 0.1) is 0 Å². The van der Waals surface area contributed by atoms with E-state index in [0.717, 1.165) is 11.1 Å². The van der Waals surface area contributed by atoms with Crippen LogP contribution in [0.15, 0.2) is 60.7 Å². The largest absolute Gasteiger partial charge is 0.369 e. The lowest BCUT2D eigenvalue weighted by Gasteiger charge is -2.31. The predicted octanol–water partition coefficient (Wildman–Crippen LogP) is 3.09. The number of carbonyl (C=O) groups is 1. The molecule has 0 saturated carbocycles. The average molecular weight is 274 g/mol. The molecule has 2 aromatic rings. The van der Waals surface area contributed by atoms with Gasteiger partial charge in [-0.1, -0.05) is 60.7 Å². The number of rotatable bonds is 5. The van der Waals surface area contributed by atoms with Gasteiger partial charge in [-0.05, 0) is 17.5 Å². The maximum Gasteiger partial charge on any atom is 0.232 e. The van der Waals surface area contributed by atoms with Crippen LogP contribution in [0.3, 0.4) is 0 Å². The summed E-state index contributed by atoms with van der Waals surface area (Å²) in [4.78, 5) is 12.2. The van der Waals surface area contributed by atoms with E-state index in [4.69, 9.17) is 17.3 Å². The van der Waals surface area contributed by atoms with Crippen molar-refractivity contribution in [1.29, 1.82) is 0 Å². The van der Waals surface area contributed by atoms with Gasteiger partial charge in [-0.15, -0.1) is 11.6 Å². The molecule has 19 heavy (non-hydrogen) atoms. The summed E-state index contributed by atoms with van der Waals surface area (Å²) in [6.07, 6.45) is 0.484. The van der Waals surface area contributed by atoms with Crippen LogP contribution in [0.2, 0.25) is 0 Å². The van der Waals surface area contributed by atoms with Crippen molar-refractivity contribution in [3.63, 3.8) is 0 Å². The molecule has 0 spiro atoms. The Balaban J connectivity index is 2.65. The van der Waals surface area contributed by atoms with Gasteiger partial charge in [0.1, 0.15) is 0 Å². The smallest absolute Gasteiger partial charge is 0.232 e. The molecule has 3 heteroatoms. The highest BCUT2D eigenvalue weighted by Gasteiger charge is 2.39. The monoisotopic (exact) mass is 273 g/mol. The number of hydrogen-bond acceptors (Lipinski definition) is 1. The number of primary amides is 1. The molecule has 0 radical (unpaired) electrons. The zero-order chi connectivity index (χ0) is 13.7. The molecule has 98 valence electrons. The summed E-state index contributed by atoms with van der Waals surface area (Å²) in [7, 11) is 0. The summed E-state index contributed by atoms with van der Waals surface area (Å²) in [5.41, 5.74) is 6.63. The van der Waals surface area contributed by atoms with E-state index < -0.39 is 5.41 Å². The van der Waals surface area contributed by atoms with Gasteiger partial charge in [-0.3, -0.25) is 4.79 Å². The normalized spacial score (nSPS) is 11.2. The van der Waals surface area contributed by atoms with Crippen LogP contribution >= 0.6 is 11.6 Å². The minimum Gasteiger partial charge on any atom is -0.369 e. The van der Waals surface area contributed by atoms with Crippen LogP contribution in [0.1, 0.15) is 17.5 Å². The fourth-order valence-corrected chi connectivity index (χ4v) is 2.73. The van der Waals surface area contributed by atoms with E-state index >= 15 is 0 Å². The van der Waals surface area contributed by atoms with E-state index in [1.807, 2.05) is 60.7 Å². The topological polar surface area (TPSA) is 43.1 Å². The Hall–Kier alpha value is -1.80. The molecule has 2 rings (SSSR count). The molecule has 0 saturated heterocycles. The molecule has 1 amide bonds. The Morgan fingerprint density at radius 2 is 1.37 bits per heavy atom. The van der Waals surface area contributed by atoms with Gasteiger partial charge >= 0.3 is 0 Å². The number of carbonyl (C=O) groups excluding carboxylic acids is 1. The number of hydrogen-bond donors (Lipinski definition) is 1. The molecule has 0 bridgehead atoms. The first kappa shape index (κ1) is 13.6. The highest BCUT2D eigenvalue weighted by molar-refractivity contribution is 6.18. The SMILES string of the molecule is NC(=O)C(CCCl)(c1ccccc1)c1ccccc1. The minimum atomic E-state index is -0.857. The lowest BCUT2D eigenvalue weighted by molar-refractivity contribution is -0.122. The second kappa shape index (κ2) is 5.89. The molecule has 0 aliphatic carbocycles. The van der Waals surface area contributed by atoms with Gasteiger partial charge in [0.2, 0.25) is 5.91 Å². The fourth-order valence-electron chi connectivity index (χ4n) is 2.45. The quantitative estimate of drug-likeness (QED) is 0.836. The number of nitrogens with two attached hydrogens (primary N) is 1. The number of alkyl halides is 1.